The van der Waals surface area contributed by atoms with E-state index >= 15 is 0 Å². The van der Waals surface area contributed by atoms with Crippen molar-refractivity contribution in [2.45, 2.75) is 20.8 Å². The Morgan fingerprint density at radius 2 is 1.22 bits per heavy atom. The maximum atomic E-state index is 10.8. The highest BCUT2D eigenvalue weighted by Gasteiger charge is 2.20. The van der Waals surface area contributed by atoms with Gasteiger partial charge in [0, 0.05) is 5.69 Å². The number of aryl methyl sites for hydroxylation is 3. The molecule has 0 saturated heterocycles. The molecule has 0 fully saturated rings. The number of phenolic OH excluding ortho intramolecular Hbond substituents is 3. The largest absolute Gasteiger partial charge is 0.505 e. The van der Waals surface area contributed by atoms with Gasteiger partial charge in [-0.05, 0) is 86.0 Å². The number of phenols is 3. The zero-order valence-electron chi connectivity index (χ0n) is 18.2. The summed E-state index contributed by atoms with van der Waals surface area (Å²) >= 11 is 0. The summed E-state index contributed by atoms with van der Waals surface area (Å²) < 4.78 is 5.85. The Kier molecular flexibility index (Phi) is 5.65. The third-order valence-corrected chi connectivity index (χ3v) is 5.35. The second-order valence-electron chi connectivity index (χ2n) is 7.79. The van der Waals surface area contributed by atoms with Crippen molar-refractivity contribution in [2.75, 3.05) is 4.90 Å². The molecular weight excluding hydrogens is 402 g/mol. The van der Waals surface area contributed by atoms with Crippen LogP contribution in [-0.2, 0) is 0 Å². The molecule has 0 atom stereocenters. The van der Waals surface area contributed by atoms with Crippen LogP contribution in [0.5, 0.6) is 28.7 Å². The Balaban J connectivity index is 1.77. The van der Waals surface area contributed by atoms with E-state index in [4.69, 9.17) is 4.74 Å². The smallest absolute Gasteiger partial charge is 0.169 e. The van der Waals surface area contributed by atoms with Crippen LogP contribution >= 0.6 is 0 Å². The van der Waals surface area contributed by atoms with Gasteiger partial charge in [0.05, 0.1) is 11.4 Å². The Morgan fingerprint density at radius 3 is 1.78 bits per heavy atom. The standard InChI is InChI=1S/C27H25NO4/c1-17-10-15-24(29)25(16-17)32-21-13-11-20(12-14-21)28(22-8-4-6-18(2)26(22)30)23-9-5-7-19(3)27(23)31/h4-16,29-31H,1-3H3. The number of anilines is 3. The number of hydrogen-bond acceptors (Lipinski definition) is 5. The van der Waals surface area contributed by atoms with Gasteiger partial charge in [-0.3, -0.25) is 0 Å². The molecule has 32 heavy (non-hydrogen) atoms. The monoisotopic (exact) mass is 427 g/mol. The highest BCUT2D eigenvalue weighted by molar-refractivity contribution is 5.84. The average molecular weight is 428 g/mol. The van der Waals surface area contributed by atoms with E-state index in [2.05, 4.69) is 0 Å². The summed E-state index contributed by atoms with van der Waals surface area (Å²) in [6, 6.07) is 23.4. The molecule has 0 bridgehead atoms. The Bertz CT molecular complexity index is 1210. The number of para-hydroxylation sites is 2. The summed E-state index contributed by atoms with van der Waals surface area (Å²) in [4.78, 5) is 1.80. The van der Waals surface area contributed by atoms with E-state index in [0.717, 1.165) is 22.4 Å². The predicted octanol–water partition coefficient (Wildman–Crippen LogP) is 6.99. The van der Waals surface area contributed by atoms with E-state index in [1.54, 1.807) is 41.3 Å². The first kappa shape index (κ1) is 21.1. The minimum absolute atomic E-state index is 0.0654. The predicted molar refractivity (Wildman–Crippen MR) is 127 cm³/mol. The van der Waals surface area contributed by atoms with Crippen molar-refractivity contribution in [1.82, 2.24) is 0 Å². The van der Waals surface area contributed by atoms with Gasteiger partial charge >= 0.3 is 0 Å². The average Bonchev–Trinajstić information content (AvgIpc) is 2.78. The lowest BCUT2D eigenvalue weighted by atomic mass is 10.1. The Labute approximate surface area is 187 Å². The number of benzene rings is 4. The number of ether oxygens (including phenoxy) is 1. The molecule has 0 aliphatic carbocycles. The summed E-state index contributed by atoms with van der Waals surface area (Å²) in [6.45, 7) is 5.59. The molecule has 5 heteroatoms. The summed E-state index contributed by atoms with van der Waals surface area (Å²) in [7, 11) is 0. The van der Waals surface area contributed by atoms with Crippen molar-refractivity contribution in [1.29, 1.82) is 0 Å². The molecule has 3 N–H and O–H groups in total. The van der Waals surface area contributed by atoms with Crippen molar-refractivity contribution in [3.05, 3.63) is 95.6 Å². The van der Waals surface area contributed by atoms with Crippen molar-refractivity contribution >= 4 is 17.1 Å². The fourth-order valence-corrected chi connectivity index (χ4v) is 3.55. The van der Waals surface area contributed by atoms with Gasteiger partial charge < -0.3 is 25.0 Å². The third-order valence-electron chi connectivity index (χ3n) is 5.35. The van der Waals surface area contributed by atoms with Crippen LogP contribution in [0.15, 0.2) is 78.9 Å². The van der Waals surface area contributed by atoms with Crippen molar-refractivity contribution in [3.63, 3.8) is 0 Å². The lowest BCUT2D eigenvalue weighted by Crippen LogP contribution is -2.11. The fourth-order valence-electron chi connectivity index (χ4n) is 3.55. The van der Waals surface area contributed by atoms with Gasteiger partial charge in [-0.25, -0.2) is 0 Å². The SMILES string of the molecule is Cc1ccc(O)c(Oc2ccc(N(c3cccc(C)c3O)c3cccc(C)c3O)cc2)c1. The van der Waals surface area contributed by atoms with Gasteiger partial charge in [-0.1, -0.05) is 30.3 Å². The molecule has 0 aliphatic heterocycles. The molecule has 0 amide bonds. The normalized spacial score (nSPS) is 10.7. The van der Waals surface area contributed by atoms with Crippen LogP contribution in [0.4, 0.5) is 17.1 Å². The van der Waals surface area contributed by atoms with Gasteiger partial charge in [0.15, 0.2) is 11.5 Å². The number of nitrogens with zero attached hydrogens (tertiary/aromatic N) is 1. The van der Waals surface area contributed by atoms with E-state index in [0.29, 0.717) is 22.9 Å². The number of hydrogen-bond donors (Lipinski definition) is 3. The maximum absolute atomic E-state index is 10.8. The molecule has 0 aliphatic rings. The summed E-state index contributed by atoms with van der Waals surface area (Å²) in [6.07, 6.45) is 0. The zero-order chi connectivity index (χ0) is 22.8. The Hall–Kier alpha value is -4.12. The van der Waals surface area contributed by atoms with Crippen LogP contribution < -0.4 is 9.64 Å². The molecule has 0 aromatic heterocycles. The number of aromatic hydroxyl groups is 3. The van der Waals surface area contributed by atoms with Crippen LogP contribution in [0.25, 0.3) is 0 Å². The molecule has 0 spiro atoms. The lowest BCUT2D eigenvalue weighted by molar-refractivity contribution is 0.411. The molecule has 0 saturated carbocycles. The molecule has 0 heterocycles. The van der Waals surface area contributed by atoms with Crippen LogP contribution in [0.3, 0.4) is 0 Å². The quantitative estimate of drug-likeness (QED) is 0.320. The van der Waals surface area contributed by atoms with Crippen molar-refractivity contribution < 1.29 is 20.1 Å². The van der Waals surface area contributed by atoms with Crippen LogP contribution in [0.2, 0.25) is 0 Å². The zero-order valence-corrected chi connectivity index (χ0v) is 18.2. The molecule has 4 aromatic carbocycles. The molecule has 0 radical (unpaired) electrons. The van der Waals surface area contributed by atoms with E-state index in [9.17, 15) is 15.3 Å². The molecule has 162 valence electrons. The van der Waals surface area contributed by atoms with Crippen molar-refractivity contribution in [2.24, 2.45) is 0 Å². The molecular formula is C27H25NO4. The van der Waals surface area contributed by atoms with Gasteiger partial charge in [-0.15, -0.1) is 0 Å². The summed E-state index contributed by atoms with van der Waals surface area (Å²) in [5, 5.41) is 31.6. The molecule has 5 nitrogen and oxygen atoms in total. The van der Waals surface area contributed by atoms with E-state index < -0.39 is 0 Å². The molecule has 4 rings (SSSR count). The molecule has 4 aromatic rings. The van der Waals surface area contributed by atoms with E-state index in [-0.39, 0.29) is 17.2 Å². The first-order valence-electron chi connectivity index (χ1n) is 10.3. The number of rotatable bonds is 5. The third kappa shape index (κ3) is 4.05. The fraction of sp³-hybridized carbons (Fsp3) is 0.111. The summed E-state index contributed by atoms with van der Waals surface area (Å²) in [5.41, 5.74) is 4.27. The minimum Gasteiger partial charge on any atom is -0.505 e. The second-order valence-corrected chi connectivity index (χ2v) is 7.79. The van der Waals surface area contributed by atoms with Crippen molar-refractivity contribution in [3.8, 4) is 28.7 Å². The lowest BCUT2D eigenvalue weighted by Gasteiger charge is -2.27. The topological polar surface area (TPSA) is 73.2 Å². The van der Waals surface area contributed by atoms with Gasteiger partial charge in [-0.2, -0.15) is 0 Å². The first-order chi connectivity index (χ1) is 15.3. The highest BCUT2D eigenvalue weighted by Crippen LogP contribution is 2.45. The van der Waals surface area contributed by atoms with E-state index in [1.165, 1.54) is 0 Å². The van der Waals surface area contributed by atoms with Gasteiger partial charge in [0.25, 0.3) is 0 Å². The second kappa shape index (κ2) is 8.55. The van der Waals surface area contributed by atoms with Gasteiger partial charge in [0.2, 0.25) is 0 Å². The van der Waals surface area contributed by atoms with Crippen LogP contribution in [-0.4, -0.2) is 15.3 Å². The van der Waals surface area contributed by atoms with E-state index in [1.807, 2.05) is 63.2 Å². The first-order valence-corrected chi connectivity index (χ1v) is 10.3. The van der Waals surface area contributed by atoms with Crippen LogP contribution in [0, 0.1) is 20.8 Å². The maximum Gasteiger partial charge on any atom is 0.169 e. The molecule has 0 unspecified atom stereocenters. The van der Waals surface area contributed by atoms with Gasteiger partial charge in [0.1, 0.15) is 17.2 Å². The van der Waals surface area contributed by atoms with Crippen LogP contribution in [0.1, 0.15) is 16.7 Å². The minimum atomic E-state index is 0.0654. The highest BCUT2D eigenvalue weighted by atomic mass is 16.5. The Morgan fingerprint density at radius 1 is 0.656 bits per heavy atom. The summed E-state index contributed by atoms with van der Waals surface area (Å²) in [5.74, 6) is 1.27.